The number of hydrogen-bond acceptors (Lipinski definition) is 7. The van der Waals surface area contributed by atoms with E-state index in [0.717, 1.165) is 21.4 Å². The van der Waals surface area contributed by atoms with Crippen molar-refractivity contribution in [2.45, 2.75) is 17.0 Å². The highest BCUT2D eigenvalue weighted by molar-refractivity contribution is 7.99. The molecule has 3 heterocycles. The molecule has 4 aromatic rings. The molecule has 0 aliphatic heterocycles. The molecule has 0 amide bonds. The number of rotatable bonds is 4. The highest BCUT2D eigenvalue weighted by atomic mass is 32.2. The first kappa shape index (κ1) is 16.2. The van der Waals surface area contributed by atoms with Gasteiger partial charge in [-0.15, -0.1) is 10.2 Å². The largest absolute Gasteiger partial charge is 0.404 e. The van der Waals surface area contributed by atoms with Crippen LogP contribution >= 0.6 is 11.8 Å². The van der Waals surface area contributed by atoms with E-state index >= 15 is 0 Å². The van der Waals surface area contributed by atoms with Crippen molar-refractivity contribution < 1.29 is 0 Å². The average Bonchev–Trinajstić information content (AvgIpc) is 3.06. The Morgan fingerprint density at radius 1 is 1.23 bits per heavy atom. The van der Waals surface area contributed by atoms with Gasteiger partial charge < -0.3 is 11.1 Å². The zero-order valence-corrected chi connectivity index (χ0v) is 14.7. The number of hydrogen-bond donors (Lipinski definition) is 2. The standard InChI is InChI=1S/C18H15N7S/c1-11-7-15-12(3-2-6-21-15)8-16(11)26-18-23-22-17-5-4-14(24-25(17)18)13(9-19)10-20/h2-10,19H,20H2,1H3/b13-10+,19-9?. The first-order chi connectivity index (χ1) is 12.7. The van der Waals surface area contributed by atoms with Crippen LogP contribution < -0.4 is 5.73 Å². The van der Waals surface area contributed by atoms with Crippen molar-refractivity contribution in [2.24, 2.45) is 5.73 Å². The van der Waals surface area contributed by atoms with Gasteiger partial charge in [0, 0.05) is 34.5 Å². The Morgan fingerprint density at radius 2 is 2.12 bits per heavy atom. The van der Waals surface area contributed by atoms with E-state index in [1.54, 1.807) is 16.8 Å². The van der Waals surface area contributed by atoms with E-state index in [-0.39, 0.29) is 0 Å². The lowest BCUT2D eigenvalue weighted by atomic mass is 10.1. The number of nitrogens with two attached hydrogens (primary N) is 1. The van der Waals surface area contributed by atoms with Gasteiger partial charge in [0.15, 0.2) is 5.65 Å². The maximum Gasteiger partial charge on any atom is 0.217 e. The van der Waals surface area contributed by atoms with Crippen molar-refractivity contribution >= 4 is 40.1 Å². The summed E-state index contributed by atoms with van der Waals surface area (Å²) in [7, 11) is 0. The first-order valence-corrected chi connectivity index (χ1v) is 8.69. The smallest absolute Gasteiger partial charge is 0.217 e. The topological polar surface area (TPSA) is 106 Å². The average molecular weight is 361 g/mol. The van der Waals surface area contributed by atoms with Gasteiger partial charge in [-0.25, -0.2) is 0 Å². The van der Waals surface area contributed by atoms with Crippen molar-refractivity contribution in [1.82, 2.24) is 24.8 Å². The molecule has 26 heavy (non-hydrogen) atoms. The van der Waals surface area contributed by atoms with E-state index in [0.29, 0.717) is 22.1 Å². The van der Waals surface area contributed by atoms with Gasteiger partial charge >= 0.3 is 0 Å². The molecule has 0 bridgehead atoms. The molecule has 3 N–H and O–H groups in total. The van der Waals surface area contributed by atoms with Crippen LogP contribution in [0.4, 0.5) is 0 Å². The Hall–Kier alpha value is -3.26. The molecule has 1 aromatic carbocycles. The summed E-state index contributed by atoms with van der Waals surface area (Å²) < 4.78 is 1.67. The second-order valence-electron chi connectivity index (χ2n) is 5.65. The zero-order valence-electron chi connectivity index (χ0n) is 13.9. The summed E-state index contributed by atoms with van der Waals surface area (Å²) in [6, 6.07) is 11.7. The SMILES string of the molecule is Cc1cc2ncccc2cc1Sc1nnc2ccc(/C(C=N)=C/N)nn12. The molecule has 7 nitrogen and oxygen atoms in total. The normalized spacial score (nSPS) is 12.0. The van der Waals surface area contributed by atoms with E-state index in [9.17, 15) is 0 Å². The molecular weight excluding hydrogens is 346 g/mol. The number of fused-ring (bicyclic) bond motifs is 2. The van der Waals surface area contributed by atoms with Crippen molar-refractivity contribution in [2.75, 3.05) is 0 Å². The van der Waals surface area contributed by atoms with Crippen molar-refractivity contribution in [1.29, 1.82) is 5.41 Å². The molecule has 0 aliphatic rings. The number of aryl methyl sites for hydroxylation is 1. The van der Waals surface area contributed by atoms with E-state index in [1.807, 2.05) is 25.1 Å². The maximum atomic E-state index is 7.44. The molecule has 0 spiro atoms. The Bertz CT molecular complexity index is 1160. The number of benzene rings is 1. The summed E-state index contributed by atoms with van der Waals surface area (Å²) in [6.45, 7) is 2.04. The molecule has 128 valence electrons. The minimum atomic E-state index is 0.532. The third-order valence-electron chi connectivity index (χ3n) is 3.97. The van der Waals surface area contributed by atoms with Crippen LogP contribution in [0.15, 0.2) is 58.8 Å². The third-order valence-corrected chi connectivity index (χ3v) is 5.06. The predicted octanol–water partition coefficient (Wildman–Crippen LogP) is 3.08. The fourth-order valence-electron chi connectivity index (χ4n) is 2.61. The molecule has 0 saturated heterocycles. The lowest BCUT2D eigenvalue weighted by Crippen LogP contribution is -2.01. The molecular formula is C18H15N7S. The monoisotopic (exact) mass is 361 g/mol. The molecule has 0 radical (unpaired) electrons. The Labute approximate surface area is 153 Å². The Morgan fingerprint density at radius 3 is 2.92 bits per heavy atom. The molecule has 0 aliphatic carbocycles. The Kier molecular flexibility index (Phi) is 4.10. The van der Waals surface area contributed by atoms with Gasteiger partial charge in [-0.05, 0) is 54.6 Å². The molecule has 3 aromatic heterocycles. The molecule has 0 saturated carbocycles. The quantitative estimate of drug-likeness (QED) is 0.541. The molecule has 0 atom stereocenters. The highest BCUT2D eigenvalue weighted by Crippen LogP contribution is 2.31. The number of nitrogens with one attached hydrogen (secondary N) is 1. The number of nitrogens with zero attached hydrogens (tertiary/aromatic N) is 5. The summed E-state index contributed by atoms with van der Waals surface area (Å²) in [4.78, 5) is 5.45. The molecule has 8 heteroatoms. The maximum absolute atomic E-state index is 7.44. The fourth-order valence-corrected chi connectivity index (χ4v) is 3.51. The van der Waals surface area contributed by atoms with Crippen LogP contribution in [0.1, 0.15) is 11.3 Å². The van der Waals surface area contributed by atoms with Crippen LogP contribution in [0.5, 0.6) is 0 Å². The van der Waals surface area contributed by atoms with Crippen LogP contribution in [0, 0.1) is 12.3 Å². The van der Waals surface area contributed by atoms with Gasteiger partial charge in [0.05, 0.1) is 11.2 Å². The summed E-state index contributed by atoms with van der Waals surface area (Å²) in [5.74, 6) is 0. The van der Waals surface area contributed by atoms with E-state index < -0.39 is 0 Å². The van der Waals surface area contributed by atoms with Crippen molar-refractivity contribution in [3.05, 3.63) is 60.1 Å². The highest BCUT2D eigenvalue weighted by Gasteiger charge is 2.12. The van der Waals surface area contributed by atoms with Crippen LogP contribution in [0.2, 0.25) is 0 Å². The van der Waals surface area contributed by atoms with E-state index in [1.165, 1.54) is 24.2 Å². The van der Waals surface area contributed by atoms with Crippen LogP contribution in [0.25, 0.3) is 22.1 Å². The fraction of sp³-hybridized carbons (Fsp3) is 0.0556. The summed E-state index contributed by atoms with van der Waals surface area (Å²) in [5.41, 5.74) is 9.40. The number of allylic oxidation sites excluding steroid dienone is 1. The van der Waals surface area contributed by atoms with E-state index in [4.69, 9.17) is 11.1 Å². The van der Waals surface area contributed by atoms with Crippen molar-refractivity contribution in [3.63, 3.8) is 0 Å². The van der Waals surface area contributed by atoms with Gasteiger partial charge in [0.25, 0.3) is 0 Å². The lowest BCUT2D eigenvalue weighted by Gasteiger charge is -2.07. The molecule has 0 fully saturated rings. The third kappa shape index (κ3) is 2.80. The second kappa shape index (κ2) is 6.57. The molecule has 0 unspecified atom stereocenters. The van der Waals surface area contributed by atoms with Gasteiger partial charge in [0.1, 0.15) is 0 Å². The molecule has 4 rings (SSSR count). The summed E-state index contributed by atoms with van der Waals surface area (Å²) in [6.07, 6.45) is 4.32. The Balaban J connectivity index is 1.79. The minimum Gasteiger partial charge on any atom is -0.404 e. The lowest BCUT2D eigenvalue weighted by molar-refractivity contribution is 0.803. The summed E-state index contributed by atoms with van der Waals surface area (Å²) >= 11 is 1.49. The second-order valence-corrected chi connectivity index (χ2v) is 6.66. The summed E-state index contributed by atoms with van der Waals surface area (Å²) in [5, 5.41) is 22.1. The minimum absolute atomic E-state index is 0.532. The van der Waals surface area contributed by atoms with Crippen LogP contribution in [-0.4, -0.2) is 31.0 Å². The first-order valence-electron chi connectivity index (χ1n) is 7.88. The number of aromatic nitrogens is 5. The van der Waals surface area contributed by atoms with Gasteiger partial charge in [-0.1, -0.05) is 6.07 Å². The van der Waals surface area contributed by atoms with Gasteiger partial charge in [-0.2, -0.15) is 9.61 Å². The van der Waals surface area contributed by atoms with Crippen molar-refractivity contribution in [3.8, 4) is 0 Å². The predicted molar refractivity (Wildman–Crippen MR) is 102 cm³/mol. The van der Waals surface area contributed by atoms with Crippen LogP contribution in [0.3, 0.4) is 0 Å². The van der Waals surface area contributed by atoms with E-state index in [2.05, 4.69) is 32.4 Å². The number of pyridine rings is 1. The van der Waals surface area contributed by atoms with Crippen LogP contribution in [-0.2, 0) is 0 Å². The van der Waals surface area contributed by atoms with Gasteiger partial charge in [0.2, 0.25) is 5.16 Å². The zero-order chi connectivity index (χ0) is 18.1. The van der Waals surface area contributed by atoms with Gasteiger partial charge in [-0.3, -0.25) is 4.98 Å².